The third kappa shape index (κ3) is 8.97. The molecule has 0 bridgehead atoms. The maximum Gasteiger partial charge on any atom is 0.0468 e. The molecule has 10 aromatic carbocycles. The van der Waals surface area contributed by atoms with Crippen molar-refractivity contribution in [3.05, 3.63) is 290 Å². The molecule has 1 nitrogen and oxygen atoms in total. The zero-order chi connectivity index (χ0) is 44.8. The Labute approximate surface area is 395 Å². The van der Waals surface area contributed by atoms with Crippen LogP contribution in [-0.4, -0.2) is 0 Å². The van der Waals surface area contributed by atoms with E-state index in [2.05, 4.69) is 284 Å². The molecule has 0 radical (unpaired) electrons. The fourth-order valence-electron chi connectivity index (χ4n) is 9.43. The molecule has 0 N–H and O–H groups in total. The summed E-state index contributed by atoms with van der Waals surface area (Å²) >= 11 is 0. The zero-order valence-corrected chi connectivity index (χ0v) is 37.3. The largest absolute Gasteiger partial charge is 0.310 e. The Balaban J connectivity index is 0.938. The second-order valence-electron chi connectivity index (χ2n) is 17.3. The van der Waals surface area contributed by atoms with E-state index in [9.17, 15) is 0 Å². The summed E-state index contributed by atoms with van der Waals surface area (Å²) in [5, 5.41) is 0. The van der Waals surface area contributed by atoms with Gasteiger partial charge in [0.25, 0.3) is 0 Å². The number of nitrogens with zero attached hydrogens (tertiary/aromatic N) is 1. The lowest BCUT2D eigenvalue weighted by molar-refractivity contribution is 0.856. The molecule has 1 heteroatoms. The van der Waals surface area contributed by atoms with Crippen molar-refractivity contribution in [2.24, 2.45) is 0 Å². The van der Waals surface area contributed by atoms with Crippen LogP contribution in [0, 0.1) is 0 Å². The van der Waals surface area contributed by atoms with Crippen molar-refractivity contribution in [3.8, 4) is 66.8 Å². The van der Waals surface area contributed by atoms with Gasteiger partial charge in [-0.1, -0.05) is 243 Å². The molecule has 1 unspecified atom stereocenters. The lowest BCUT2D eigenvalue weighted by Crippen LogP contribution is -2.10. The summed E-state index contributed by atoms with van der Waals surface area (Å²) in [6, 6.07) is 94.5. The predicted molar refractivity (Wildman–Crippen MR) is 285 cm³/mol. The Bertz CT molecular complexity index is 3280. The van der Waals surface area contributed by atoms with Gasteiger partial charge < -0.3 is 4.90 Å². The molecule has 0 heterocycles. The summed E-state index contributed by atoms with van der Waals surface area (Å²) in [5.74, 6) is 0.404. The summed E-state index contributed by atoms with van der Waals surface area (Å²) in [4.78, 5) is 2.39. The van der Waals surface area contributed by atoms with Crippen molar-refractivity contribution in [2.75, 3.05) is 4.90 Å². The molecule has 67 heavy (non-hydrogen) atoms. The number of hydrogen-bond donors (Lipinski definition) is 0. The average Bonchev–Trinajstić information content (AvgIpc) is 3.42. The molecule has 10 aromatic rings. The molecule has 0 saturated heterocycles. The molecule has 0 aliphatic heterocycles. The van der Waals surface area contributed by atoms with Gasteiger partial charge in [0.05, 0.1) is 0 Å². The number of anilines is 3. The van der Waals surface area contributed by atoms with Gasteiger partial charge >= 0.3 is 0 Å². The van der Waals surface area contributed by atoms with Crippen LogP contribution in [0.25, 0.3) is 72.3 Å². The van der Waals surface area contributed by atoms with E-state index in [0.29, 0.717) is 5.92 Å². The maximum atomic E-state index is 2.39. The summed E-state index contributed by atoms with van der Waals surface area (Å²) in [6.45, 7) is 0. The van der Waals surface area contributed by atoms with Gasteiger partial charge in [-0.3, -0.25) is 0 Å². The molecule has 318 valence electrons. The molecular formula is C66H49N. The third-order valence-electron chi connectivity index (χ3n) is 13.1. The van der Waals surface area contributed by atoms with E-state index in [-0.39, 0.29) is 0 Å². The lowest BCUT2D eigenvalue weighted by Gasteiger charge is -2.27. The van der Waals surface area contributed by atoms with E-state index in [1.807, 2.05) is 0 Å². The molecule has 0 amide bonds. The predicted octanol–water partition coefficient (Wildman–Crippen LogP) is 18.3. The summed E-state index contributed by atoms with van der Waals surface area (Å²) in [7, 11) is 0. The van der Waals surface area contributed by atoms with Crippen molar-refractivity contribution in [1.29, 1.82) is 0 Å². The second kappa shape index (κ2) is 18.9. The topological polar surface area (TPSA) is 3.24 Å². The van der Waals surface area contributed by atoms with Crippen LogP contribution in [0.1, 0.15) is 23.5 Å². The van der Waals surface area contributed by atoms with Crippen LogP contribution in [0.2, 0.25) is 0 Å². The lowest BCUT2D eigenvalue weighted by atomic mass is 9.88. The molecular weight excluding hydrogens is 807 g/mol. The third-order valence-corrected chi connectivity index (χ3v) is 13.1. The van der Waals surface area contributed by atoms with Crippen LogP contribution < -0.4 is 4.90 Å². The number of hydrogen-bond acceptors (Lipinski definition) is 1. The van der Waals surface area contributed by atoms with Gasteiger partial charge in [0.2, 0.25) is 0 Å². The Morgan fingerprint density at radius 1 is 0.284 bits per heavy atom. The van der Waals surface area contributed by atoms with Crippen molar-refractivity contribution < 1.29 is 0 Å². The van der Waals surface area contributed by atoms with E-state index >= 15 is 0 Å². The monoisotopic (exact) mass is 855 g/mol. The standard InChI is InChI=1S/C66H49N/c1-5-13-48(14-6-1)51-21-27-54(28-22-51)57-33-35-61(36-34-57)65-46-45-64(47-66(65)60-19-11-4-12-20-60)67(62-41-37-58(38-42-62)55-29-23-52(24-30-55)49-15-7-2-8-16-49)63-43-39-59(40-44-63)56-31-25-53(26-32-56)50-17-9-3-10-18-50/h1-25,27-47,53H,26H2. The minimum absolute atomic E-state index is 0.404. The first-order chi connectivity index (χ1) is 33.2. The van der Waals surface area contributed by atoms with E-state index in [1.165, 1.54) is 83.5 Å². The van der Waals surface area contributed by atoms with Gasteiger partial charge in [0.1, 0.15) is 0 Å². The van der Waals surface area contributed by atoms with Gasteiger partial charge in [-0.25, -0.2) is 0 Å². The van der Waals surface area contributed by atoms with Crippen LogP contribution in [0.3, 0.4) is 0 Å². The highest BCUT2D eigenvalue weighted by Crippen LogP contribution is 2.42. The van der Waals surface area contributed by atoms with Crippen molar-refractivity contribution >= 4 is 22.6 Å². The van der Waals surface area contributed by atoms with E-state index in [1.54, 1.807) is 0 Å². The quantitative estimate of drug-likeness (QED) is 0.125. The Morgan fingerprint density at radius 2 is 0.627 bits per heavy atom. The minimum atomic E-state index is 0.404. The second-order valence-corrected chi connectivity index (χ2v) is 17.3. The number of allylic oxidation sites excluding steroid dienone is 4. The van der Waals surface area contributed by atoms with Gasteiger partial charge in [0, 0.05) is 23.0 Å². The highest BCUT2D eigenvalue weighted by atomic mass is 15.1. The van der Waals surface area contributed by atoms with Gasteiger partial charge in [-0.2, -0.15) is 0 Å². The maximum absolute atomic E-state index is 2.39. The SMILES string of the molecule is C1=CC(c2ccccc2)CC=C1c1ccc(N(c2ccc(-c3ccc(-c4ccccc4)cc3)cc2)c2ccc(-c3ccc(-c4ccc(-c5ccccc5)cc4)cc3)c(-c3ccccc3)c2)cc1. The molecule has 11 rings (SSSR count). The molecule has 0 spiro atoms. The zero-order valence-electron chi connectivity index (χ0n) is 37.3. The van der Waals surface area contributed by atoms with Crippen LogP contribution in [0.4, 0.5) is 17.1 Å². The normalized spacial score (nSPS) is 13.2. The minimum Gasteiger partial charge on any atom is -0.310 e. The van der Waals surface area contributed by atoms with E-state index in [4.69, 9.17) is 0 Å². The molecule has 1 aliphatic carbocycles. The van der Waals surface area contributed by atoms with Crippen LogP contribution in [0.15, 0.2) is 279 Å². The van der Waals surface area contributed by atoms with Crippen LogP contribution in [0.5, 0.6) is 0 Å². The smallest absolute Gasteiger partial charge is 0.0468 e. The van der Waals surface area contributed by atoms with Crippen molar-refractivity contribution in [2.45, 2.75) is 12.3 Å². The Hall–Kier alpha value is -8.52. The van der Waals surface area contributed by atoms with Crippen LogP contribution in [-0.2, 0) is 0 Å². The number of rotatable bonds is 11. The first kappa shape index (κ1) is 41.2. The molecule has 0 aromatic heterocycles. The highest BCUT2D eigenvalue weighted by Gasteiger charge is 2.18. The molecule has 0 fully saturated rings. The van der Waals surface area contributed by atoms with Gasteiger partial charge in [-0.15, -0.1) is 0 Å². The number of benzene rings is 10. The Morgan fingerprint density at radius 3 is 1.06 bits per heavy atom. The highest BCUT2D eigenvalue weighted by molar-refractivity contribution is 5.90. The molecule has 1 atom stereocenters. The van der Waals surface area contributed by atoms with Crippen molar-refractivity contribution in [3.63, 3.8) is 0 Å². The molecule has 1 aliphatic rings. The van der Waals surface area contributed by atoms with E-state index in [0.717, 1.165) is 23.5 Å². The summed E-state index contributed by atoms with van der Waals surface area (Å²) < 4.78 is 0. The summed E-state index contributed by atoms with van der Waals surface area (Å²) in [5.41, 5.74) is 21.5. The molecule has 0 saturated carbocycles. The fraction of sp³-hybridized carbons (Fsp3) is 0.0303. The van der Waals surface area contributed by atoms with Gasteiger partial charge in [0.15, 0.2) is 0 Å². The van der Waals surface area contributed by atoms with Crippen LogP contribution >= 0.6 is 0 Å². The van der Waals surface area contributed by atoms with E-state index < -0.39 is 0 Å². The fourth-order valence-corrected chi connectivity index (χ4v) is 9.43. The first-order valence-corrected chi connectivity index (χ1v) is 23.3. The average molecular weight is 856 g/mol. The van der Waals surface area contributed by atoms with Crippen molar-refractivity contribution in [1.82, 2.24) is 0 Å². The first-order valence-electron chi connectivity index (χ1n) is 23.3. The Kier molecular flexibility index (Phi) is 11.6. The van der Waals surface area contributed by atoms with Gasteiger partial charge in [-0.05, 0) is 126 Å². The summed E-state index contributed by atoms with van der Waals surface area (Å²) in [6.07, 6.45) is 8.02.